The molecule has 0 bridgehead atoms. The number of anilines is 1. The molecule has 0 atom stereocenters. The number of allylic oxidation sites excluding steroid dienone is 1. The first-order valence-corrected chi connectivity index (χ1v) is 11.7. The number of carbonyl (C=O) groups excluding carboxylic acids is 2. The van der Waals surface area contributed by atoms with E-state index in [4.69, 9.17) is 4.74 Å². The first-order valence-electron chi connectivity index (χ1n) is 9.63. The Kier molecular flexibility index (Phi) is 8.68. The van der Waals surface area contributed by atoms with E-state index in [1.165, 1.54) is 11.8 Å². The molecule has 166 valence electrons. The zero-order valence-electron chi connectivity index (χ0n) is 17.4. The van der Waals surface area contributed by atoms with Crippen molar-refractivity contribution < 1.29 is 14.3 Å². The number of benzene rings is 2. The molecule has 2 amide bonds. The van der Waals surface area contributed by atoms with Crippen LogP contribution in [0.4, 0.5) is 5.69 Å². The third kappa shape index (κ3) is 6.57. The quantitative estimate of drug-likeness (QED) is 0.222. The molecule has 32 heavy (non-hydrogen) atoms. The Morgan fingerprint density at radius 3 is 2.53 bits per heavy atom. The summed E-state index contributed by atoms with van der Waals surface area (Å²) in [5, 5.41) is 14.6. The second-order valence-corrected chi connectivity index (χ2v) is 8.74. The highest BCUT2D eigenvalue weighted by Crippen LogP contribution is 2.19. The maximum absolute atomic E-state index is 12.4. The van der Waals surface area contributed by atoms with Gasteiger partial charge in [-0.05, 0) is 71.1 Å². The van der Waals surface area contributed by atoms with Crippen LogP contribution in [0, 0.1) is 3.57 Å². The molecule has 0 radical (unpaired) electrons. The number of hydrogen-bond donors (Lipinski definition) is 2. The zero-order valence-corrected chi connectivity index (χ0v) is 20.4. The standard InChI is InChI=1S/C22H22IN5O3S/c1-3-12-28-19(13-24-21(30)15-4-10-18(31-2)11-5-15)26-27-22(28)32-14-20(29)25-17-8-6-16(23)7-9-17/h3-11H,1,12-14H2,2H3,(H,24,30)(H,25,29). The number of thioether (sulfide) groups is 1. The maximum Gasteiger partial charge on any atom is 0.251 e. The molecule has 0 fully saturated rings. The first kappa shape index (κ1) is 23.8. The molecule has 3 rings (SSSR count). The molecule has 1 heterocycles. The van der Waals surface area contributed by atoms with Crippen LogP contribution in [-0.4, -0.2) is 39.4 Å². The summed E-state index contributed by atoms with van der Waals surface area (Å²) < 4.78 is 8.03. The van der Waals surface area contributed by atoms with Crippen LogP contribution in [0.5, 0.6) is 5.75 Å². The fourth-order valence-electron chi connectivity index (χ4n) is 2.73. The molecular weight excluding hydrogens is 541 g/mol. The summed E-state index contributed by atoms with van der Waals surface area (Å²) in [5.41, 5.74) is 1.26. The molecule has 2 aromatic carbocycles. The lowest BCUT2D eigenvalue weighted by molar-refractivity contribution is -0.113. The average molecular weight is 563 g/mol. The zero-order chi connectivity index (χ0) is 22.9. The van der Waals surface area contributed by atoms with Gasteiger partial charge < -0.3 is 19.9 Å². The Balaban J connectivity index is 1.58. The first-order chi connectivity index (χ1) is 15.5. The van der Waals surface area contributed by atoms with Crippen LogP contribution in [0.25, 0.3) is 0 Å². The van der Waals surface area contributed by atoms with Crippen LogP contribution in [0.1, 0.15) is 16.2 Å². The van der Waals surface area contributed by atoms with E-state index in [1.54, 1.807) is 37.5 Å². The smallest absolute Gasteiger partial charge is 0.251 e. The summed E-state index contributed by atoms with van der Waals surface area (Å²) in [6.45, 7) is 4.43. The average Bonchev–Trinajstić information content (AvgIpc) is 3.19. The van der Waals surface area contributed by atoms with Gasteiger partial charge in [0.15, 0.2) is 11.0 Å². The third-order valence-corrected chi connectivity index (χ3v) is 6.01. The van der Waals surface area contributed by atoms with E-state index in [1.807, 2.05) is 28.8 Å². The van der Waals surface area contributed by atoms with E-state index in [0.717, 1.165) is 9.26 Å². The van der Waals surface area contributed by atoms with Gasteiger partial charge in [0.05, 0.1) is 19.4 Å². The van der Waals surface area contributed by atoms with Gasteiger partial charge in [-0.3, -0.25) is 9.59 Å². The molecule has 10 heteroatoms. The molecule has 0 aliphatic heterocycles. The SMILES string of the molecule is C=CCn1c(CNC(=O)c2ccc(OC)cc2)nnc1SCC(=O)Nc1ccc(I)cc1. The minimum atomic E-state index is -0.230. The lowest BCUT2D eigenvalue weighted by atomic mass is 10.2. The van der Waals surface area contributed by atoms with Gasteiger partial charge in [-0.25, -0.2) is 0 Å². The molecule has 2 N–H and O–H groups in total. The number of nitrogens with zero attached hydrogens (tertiary/aromatic N) is 3. The van der Waals surface area contributed by atoms with Crippen molar-refractivity contribution in [2.45, 2.75) is 18.2 Å². The fourth-order valence-corrected chi connectivity index (χ4v) is 3.86. The van der Waals surface area contributed by atoms with Crippen LogP contribution >= 0.6 is 34.4 Å². The van der Waals surface area contributed by atoms with Gasteiger partial charge in [-0.1, -0.05) is 17.8 Å². The van der Waals surface area contributed by atoms with Gasteiger partial charge in [0.2, 0.25) is 5.91 Å². The number of halogens is 1. The molecule has 1 aromatic heterocycles. The van der Waals surface area contributed by atoms with E-state index >= 15 is 0 Å². The van der Waals surface area contributed by atoms with Crippen molar-refractivity contribution >= 4 is 51.9 Å². The summed E-state index contributed by atoms with van der Waals surface area (Å²) in [7, 11) is 1.57. The Labute approximate surface area is 204 Å². The maximum atomic E-state index is 12.4. The van der Waals surface area contributed by atoms with Crippen LogP contribution < -0.4 is 15.4 Å². The van der Waals surface area contributed by atoms with Crippen molar-refractivity contribution in [1.29, 1.82) is 0 Å². The Bertz CT molecular complexity index is 1080. The molecule has 0 aliphatic rings. The normalized spacial score (nSPS) is 10.4. The van der Waals surface area contributed by atoms with Crippen LogP contribution in [0.2, 0.25) is 0 Å². The predicted molar refractivity (Wildman–Crippen MR) is 133 cm³/mol. The number of ether oxygens (including phenoxy) is 1. The highest BCUT2D eigenvalue weighted by molar-refractivity contribution is 14.1. The summed E-state index contributed by atoms with van der Waals surface area (Å²) in [5.74, 6) is 1.07. The van der Waals surface area contributed by atoms with Crippen molar-refractivity contribution in [3.8, 4) is 5.75 Å². The topological polar surface area (TPSA) is 98.1 Å². The number of methoxy groups -OCH3 is 1. The molecule has 0 unspecified atom stereocenters. The van der Waals surface area contributed by atoms with E-state index in [-0.39, 0.29) is 24.1 Å². The summed E-state index contributed by atoms with van der Waals surface area (Å²) in [4.78, 5) is 24.7. The molecule has 0 saturated carbocycles. The molecule has 0 spiro atoms. The van der Waals surface area contributed by atoms with Crippen molar-refractivity contribution in [2.24, 2.45) is 0 Å². The minimum Gasteiger partial charge on any atom is -0.497 e. The van der Waals surface area contributed by atoms with E-state index in [0.29, 0.717) is 28.8 Å². The highest BCUT2D eigenvalue weighted by atomic mass is 127. The highest BCUT2D eigenvalue weighted by Gasteiger charge is 2.15. The molecular formula is C22H22IN5O3S. The number of hydrogen-bond acceptors (Lipinski definition) is 6. The predicted octanol–water partition coefficient (Wildman–Crippen LogP) is 3.74. The lowest BCUT2D eigenvalue weighted by Gasteiger charge is -2.09. The van der Waals surface area contributed by atoms with Crippen molar-refractivity contribution in [1.82, 2.24) is 20.1 Å². The van der Waals surface area contributed by atoms with Crippen LogP contribution in [0.3, 0.4) is 0 Å². The number of aromatic nitrogens is 3. The molecule has 8 nitrogen and oxygen atoms in total. The number of nitrogens with one attached hydrogen (secondary N) is 2. The van der Waals surface area contributed by atoms with Gasteiger partial charge in [-0.15, -0.1) is 16.8 Å². The summed E-state index contributed by atoms with van der Waals surface area (Å²) in [6.07, 6.45) is 1.72. The summed E-state index contributed by atoms with van der Waals surface area (Å²) >= 11 is 3.49. The third-order valence-electron chi connectivity index (χ3n) is 4.32. The van der Waals surface area contributed by atoms with Crippen molar-refractivity contribution in [3.63, 3.8) is 0 Å². The molecule has 0 aliphatic carbocycles. The van der Waals surface area contributed by atoms with E-state index in [2.05, 4.69) is 50.0 Å². The Morgan fingerprint density at radius 1 is 1.16 bits per heavy atom. The van der Waals surface area contributed by atoms with Gasteiger partial charge in [0.25, 0.3) is 5.91 Å². The van der Waals surface area contributed by atoms with Crippen LogP contribution in [0.15, 0.2) is 66.3 Å². The Morgan fingerprint density at radius 2 is 1.88 bits per heavy atom. The number of rotatable bonds is 10. The van der Waals surface area contributed by atoms with Gasteiger partial charge in [0, 0.05) is 21.4 Å². The van der Waals surface area contributed by atoms with Crippen LogP contribution in [-0.2, 0) is 17.9 Å². The molecule has 0 saturated heterocycles. The van der Waals surface area contributed by atoms with E-state index in [9.17, 15) is 9.59 Å². The van der Waals surface area contributed by atoms with Gasteiger partial charge >= 0.3 is 0 Å². The second kappa shape index (κ2) is 11.7. The fraction of sp³-hybridized carbons (Fsp3) is 0.182. The summed E-state index contributed by atoms with van der Waals surface area (Å²) in [6, 6.07) is 14.4. The Hall–Kier alpha value is -2.86. The largest absolute Gasteiger partial charge is 0.497 e. The molecule has 3 aromatic rings. The number of amides is 2. The van der Waals surface area contributed by atoms with Gasteiger partial charge in [-0.2, -0.15) is 0 Å². The van der Waals surface area contributed by atoms with E-state index < -0.39 is 0 Å². The van der Waals surface area contributed by atoms with Crippen molar-refractivity contribution in [3.05, 3.63) is 76.1 Å². The second-order valence-electron chi connectivity index (χ2n) is 6.55. The van der Waals surface area contributed by atoms with Gasteiger partial charge in [0.1, 0.15) is 5.75 Å². The monoisotopic (exact) mass is 563 g/mol. The minimum absolute atomic E-state index is 0.140. The lowest BCUT2D eigenvalue weighted by Crippen LogP contribution is -2.24. The van der Waals surface area contributed by atoms with Crippen molar-refractivity contribution in [2.75, 3.05) is 18.2 Å². The number of carbonyl (C=O) groups is 2.